The van der Waals surface area contributed by atoms with Crippen LogP contribution in [-0.2, 0) is 128 Å². The number of phenolic OH excluding ortho intramolecular Hbond substituents is 2. The van der Waals surface area contributed by atoms with Gasteiger partial charge in [-0.1, -0.05) is 130 Å². The first kappa shape index (κ1) is 135. The number of carbonyl (C=O) groups excluding carboxylic acids is 24. The minimum atomic E-state index is -1.58. The summed E-state index contributed by atoms with van der Waals surface area (Å²) in [6.07, 6.45) is 3.43. The summed E-state index contributed by atoms with van der Waals surface area (Å²) >= 11 is 5.24. The van der Waals surface area contributed by atoms with Gasteiger partial charge < -0.3 is 65.0 Å². The summed E-state index contributed by atoms with van der Waals surface area (Å²) in [5.41, 5.74) is 33.0. The zero-order valence-corrected chi connectivity index (χ0v) is 93.6. The second-order valence-corrected chi connectivity index (χ2v) is 47.4. The number of Topliss-reactive ketones (excluding diaryl/α,β-unsaturated/α-hetero) is 14. The number of aromatic hydroxyl groups is 2. The minimum absolute atomic E-state index is 0.00865. The van der Waals surface area contributed by atoms with E-state index >= 15 is 0 Å². The van der Waals surface area contributed by atoms with Crippen LogP contribution in [-0.4, -0.2) is 330 Å². The van der Waals surface area contributed by atoms with Gasteiger partial charge in [-0.25, -0.2) is 21.7 Å². The number of phenols is 2. The maximum absolute atomic E-state index is 13.7. The SMILES string of the molecule is CC(=O)[C@@H]1CSCCCC(=O)CN1.CC(=O)[C@@H]1CSCCCC(=O)CN1.CC(=O)[C@@H]1CSCCCC(=O)CN1.CC(=O)[C@@H]1CSSCCC(=O)CN1.CC[C@H](C)[C@@H]1NC(=O)[C@H](Cc2ccc(O)cc2)NC(=O)CCSSC[C@@H](C(C)=O)NN[C@@H](CC(N)=O)C(=O)C(=O)C(CCC(N)=O)NC1=O.CC[C@H](C)[C@@H]1NC(=O)[C@H](Cc2ccc(O)cc2)NC(=O)CCSSC[C@@H](C(C)=O)NN[C@@H](CC(N)=O)C(=O)C(=O)C(CCC(N)=O)NC1=O. The van der Waals surface area contributed by atoms with Crippen molar-refractivity contribution < 1.29 is 125 Å². The predicted molar refractivity (Wildman–Crippen MR) is 586 cm³/mol. The Morgan fingerprint density at radius 1 is 0.320 bits per heavy atom. The van der Waals surface area contributed by atoms with Gasteiger partial charge in [-0.3, -0.25) is 136 Å². The number of thioether (sulfide) groups is 3. The summed E-state index contributed by atoms with van der Waals surface area (Å²) < 4.78 is 0. The molecule has 0 aliphatic carbocycles. The number of nitrogens with two attached hydrogens (primary N) is 4. The smallest absolute Gasteiger partial charge is 0.243 e. The van der Waals surface area contributed by atoms with E-state index < -0.39 is 180 Å². The number of hydrazine groups is 2. The van der Waals surface area contributed by atoms with Crippen LogP contribution in [0.4, 0.5) is 0 Å². The second-order valence-electron chi connectivity index (χ2n) is 36.1. The van der Waals surface area contributed by atoms with E-state index in [9.17, 15) is 125 Å². The normalized spacial score (nSPS) is 25.0. The quantitative estimate of drug-likeness (QED) is 0.0506. The molecule has 0 bridgehead atoms. The molecule has 0 saturated carbocycles. The highest BCUT2D eigenvalue weighted by molar-refractivity contribution is 8.77. The van der Waals surface area contributed by atoms with Gasteiger partial charge in [-0.2, -0.15) is 35.3 Å². The number of nitrogens with one attached hydrogen (secondary N) is 14. The second kappa shape index (κ2) is 75.7. The molecule has 6 saturated heterocycles. The molecule has 6 aliphatic rings. The molecular weight excluding hydrogens is 2120 g/mol. The van der Waals surface area contributed by atoms with Gasteiger partial charge in [0.25, 0.3) is 0 Å². The van der Waals surface area contributed by atoms with E-state index in [-0.39, 0.29) is 144 Å². The van der Waals surface area contributed by atoms with Crippen molar-refractivity contribution in [2.24, 2.45) is 34.8 Å². The predicted octanol–water partition coefficient (Wildman–Crippen LogP) is 0.616. The summed E-state index contributed by atoms with van der Waals surface area (Å²) in [7, 11) is 8.41. The topological polar surface area (TPSA) is 723 Å². The maximum atomic E-state index is 13.7. The molecule has 44 nitrogen and oxygen atoms in total. The van der Waals surface area contributed by atoms with E-state index in [0.717, 1.165) is 65.3 Å². The van der Waals surface area contributed by atoms with Crippen molar-refractivity contribution >= 4 is 240 Å². The van der Waals surface area contributed by atoms with Gasteiger partial charge in [-0.15, -0.1) is 0 Å². The molecule has 2 unspecified atom stereocenters. The van der Waals surface area contributed by atoms with Crippen LogP contribution in [0.15, 0.2) is 48.5 Å². The van der Waals surface area contributed by atoms with Crippen LogP contribution in [0.5, 0.6) is 11.5 Å². The Balaban J connectivity index is 0.000000520. The summed E-state index contributed by atoms with van der Waals surface area (Å²) in [6.45, 7) is 17.2. The fourth-order valence-corrected chi connectivity index (χ4v) is 24.0. The lowest BCUT2D eigenvalue weighted by atomic mass is 9.94. The molecule has 2 aromatic carbocycles. The molecule has 0 radical (unpaired) electrons. The van der Waals surface area contributed by atoms with Crippen LogP contribution >= 0.6 is 100 Å². The number of amides is 10. The van der Waals surface area contributed by atoms with Gasteiger partial charge in [0.2, 0.25) is 82.2 Å². The zero-order chi connectivity index (χ0) is 112. The number of hydrogen-bond donors (Lipinski definition) is 20. The number of primary amides is 4. The third-order valence-electron chi connectivity index (χ3n) is 23.5. The first-order valence-electron chi connectivity index (χ1n) is 49.2. The van der Waals surface area contributed by atoms with Crippen LogP contribution in [0.3, 0.4) is 0 Å². The molecule has 6 heterocycles. The van der Waals surface area contributed by atoms with Crippen molar-refractivity contribution in [2.45, 2.75) is 276 Å². The van der Waals surface area contributed by atoms with Crippen molar-refractivity contribution in [3.63, 3.8) is 0 Å². The van der Waals surface area contributed by atoms with E-state index in [2.05, 4.69) is 74.9 Å². The number of hydrogen-bond acceptors (Lipinski definition) is 43. The number of benzene rings is 2. The Labute approximate surface area is 910 Å². The van der Waals surface area contributed by atoms with E-state index in [1.165, 1.54) is 81.3 Å². The molecule has 6 aliphatic heterocycles. The van der Waals surface area contributed by atoms with Gasteiger partial charge in [0.1, 0.15) is 93.5 Å². The molecule has 24 N–H and O–H groups in total. The lowest BCUT2D eigenvalue weighted by molar-refractivity contribution is -0.141. The van der Waals surface area contributed by atoms with Crippen molar-refractivity contribution in [3.05, 3.63) is 59.7 Å². The molecule has 53 heteroatoms. The molecule has 16 atom stereocenters. The Hall–Kier alpha value is -9.05. The highest BCUT2D eigenvalue weighted by atomic mass is 33.1. The third-order valence-corrected chi connectivity index (χ3v) is 34.2. The summed E-state index contributed by atoms with van der Waals surface area (Å²) in [5.74, 6) is -4.51. The summed E-state index contributed by atoms with van der Waals surface area (Å²) in [5, 5.41) is 47.1. The molecule has 150 heavy (non-hydrogen) atoms. The number of carbonyl (C=O) groups is 24. The van der Waals surface area contributed by atoms with Crippen LogP contribution in [0.1, 0.15) is 190 Å². The molecule has 0 spiro atoms. The molecule has 8 rings (SSSR count). The van der Waals surface area contributed by atoms with Gasteiger partial charge in [0.05, 0.1) is 99.4 Å². The Kier molecular flexibility index (Phi) is 68.2. The summed E-state index contributed by atoms with van der Waals surface area (Å²) in [6, 6.07) is -1.23. The lowest BCUT2D eigenvalue weighted by Crippen LogP contribution is -2.60. The van der Waals surface area contributed by atoms with E-state index in [0.29, 0.717) is 87.3 Å². The van der Waals surface area contributed by atoms with Gasteiger partial charge in [0.15, 0.2) is 0 Å². The van der Waals surface area contributed by atoms with E-state index in [1.807, 2.05) is 0 Å². The Morgan fingerprint density at radius 3 is 0.887 bits per heavy atom. The first-order chi connectivity index (χ1) is 71.0. The van der Waals surface area contributed by atoms with Crippen molar-refractivity contribution in [1.82, 2.24) is 74.9 Å². The molecule has 836 valence electrons. The molecule has 2 aromatic rings. The van der Waals surface area contributed by atoms with Gasteiger partial charge in [-0.05, 0) is 138 Å². The van der Waals surface area contributed by atoms with Crippen molar-refractivity contribution in [3.8, 4) is 11.5 Å². The fourth-order valence-electron chi connectivity index (χ4n) is 13.9. The van der Waals surface area contributed by atoms with Crippen LogP contribution in [0.2, 0.25) is 0 Å². The van der Waals surface area contributed by atoms with Gasteiger partial charge >= 0.3 is 0 Å². The Bertz CT molecular complexity index is 4490. The molecule has 6 fully saturated rings. The highest BCUT2D eigenvalue weighted by Crippen LogP contribution is 2.28. The van der Waals surface area contributed by atoms with E-state index in [4.69, 9.17) is 22.9 Å². The average Bonchev–Trinajstić information content (AvgIpc) is 0.916. The zero-order valence-electron chi connectivity index (χ0n) is 86.3. The van der Waals surface area contributed by atoms with Crippen LogP contribution in [0, 0.1) is 11.8 Å². The lowest BCUT2D eigenvalue weighted by Gasteiger charge is -2.29. The highest BCUT2D eigenvalue weighted by Gasteiger charge is 2.41. The third kappa shape index (κ3) is 57.2. The largest absolute Gasteiger partial charge is 0.508 e. The monoisotopic (exact) mass is 2270 g/mol. The number of ketones is 14. The van der Waals surface area contributed by atoms with Crippen LogP contribution in [0.25, 0.3) is 0 Å². The summed E-state index contributed by atoms with van der Waals surface area (Å²) in [4.78, 5) is 295. The molecular formula is C97H148N18O26S9. The van der Waals surface area contributed by atoms with Crippen molar-refractivity contribution in [1.29, 1.82) is 0 Å². The molecule has 0 aromatic heterocycles. The average molecular weight is 2270 g/mol. The standard InChI is InChI=1S/2C31H45N7O9S2.3C9H15NO2S.C8H13NO2S2/c2*1-4-16(2)27-31(47)35-20(9-10-24(32)41)28(44)29(45)21(14-25(33)42)37-38-23(17(3)39)15-49-48-12-11-26(43)34-22(30(46)36-27)13-18-5-7-19(40)8-6-18;3*1-7(11)9-6-13-4-2-3-8(12)5-10-9;1-6(10)8-5-13-12-3-2-7(11)4-9-8/h2*5-8,16,20-23,27,37-38,40H,4,9-15H2,1-3H3,(H2,32,41)(H2,33,42)(H,34,43)(H,35,47)(H,36,46);3*9-10H,2-6H2,1H3;8-9H,2-5H2,1H3/t2*16-,20?,21-,22-,23-,27-;3*9-;8-/m000000/s1. The maximum Gasteiger partial charge on any atom is 0.243 e. The fraction of sp³-hybridized carbons (Fsp3) is 0.629. The van der Waals surface area contributed by atoms with Crippen LogP contribution < -0.4 is 97.8 Å². The minimum Gasteiger partial charge on any atom is -0.508 e. The van der Waals surface area contributed by atoms with Gasteiger partial charge in [0, 0.05) is 116 Å². The van der Waals surface area contributed by atoms with Crippen molar-refractivity contribution in [2.75, 3.05) is 95.2 Å². The Morgan fingerprint density at radius 2 is 0.600 bits per heavy atom. The first-order valence-corrected chi connectivity index (χ1v) is 60.1. The number of rotatable bonds is 24. The van der Waals surface area contributed by atoms with E-state index in [1.54, 1.807) is 137 Å². The molecule has 10 amide bonds.